The third kappa shape index (κ3) is 3.12. The number of aliphatic hydroxyl groups excluding tert-OH is 1. The Labute approximate surface area is 128 Å². The molecule has 22 heavy (non-hydrogen) atoms. The second-order valence-electron chi connectivity index (χ2n) is 5.57. The molecule has 1 aromatic heterocycles. The quantitative estimate of drug-likeness (QED) is 0.754. The number of benzene rings is 1. The van der Waals surface area contributed by atoms with Crippen LogP contribution in [0.1, 0.15) is 29.8 Å². The number of aromatic hydroxyl groups is 1. The summed E-state index contributed by atoms with van der Waals surface area (Å²) in [7, 11) is 0. The number of amides is 1. The van der Waals surface area contributed by atoms with Crippen molar-refractivity contribution >= 4 is 5.91 Å². The van der Waals surface area contributed by atoms with Crippen molar-refractivity contribution in [2.45, 2.75) is 25.3 Å². The molecule has 2 aromatic rings. The summed E-state index contributed by atoms with van der Waals surface area (Å²) in [6, 6.07) is 9.23. The molecule has 1 fully saturated rings. The van der Waals surface area contributed by atoms with Gasteiger partial charge in [-0.05, 0) is 37.3 Å². The highest BCUT2D eigenvalue weighted by molar-refractivity contribution is 5.95. The van der Waals surface area contributed by atoms with Crippen LogP contribution in [-0.4, -0.2) is 38.5 Å². The average Bonchev–Trinajstić information content (AvgIpc) is 3.30. The van der Waals surface area contributed by atoms with E-state index in [2.05, 4.69) is 10.4 Å². The fourth-order valence-electron chi connectivity index (χ4n) is 2.54. The monoisotopic (exact) mass is 301 g/mol. The molecule has 3 N–H and O–H groups in total. The van der Waals surface area contributed by atoms with E-state index in [9.17, 15) is 9.90 Å². The van der Waals surface area contributed by atoms with Crippen molar-refractivity contribution in [2.24, 2.45) is 5.92 Å². The first-order chi connectivity index (χ1) is 10.7. The minimum Gasteiger partial charge on any atom is -0.504 e. The minimum atomic E-state index is -0.405. The van der Waals surface area contributed by atoms with E-state index in [-0.39, 0.29) is 24.1 Å². The largest absolute Gasteiger partial charge is 0.504 e. The number of nitrogens with zero attached hydrogens (tertiary/aromatic N) is 2. The van der Waals surface area contributed by atoms with Gasteiger partial charge in [0, 0.05) is 12.6 Å². The van der Waals surface area contributed by atoms with Crippen LogP contribution in [-0.2, 0) is 0 Å². The summed E-state index contributed by atoms with van der Waals surface area (Å²) < 4.78 is 1.47. The molecule has 0 radical (unpaired) electrons. The summed E-state index contributed by atoms with van der Waals surface area (Å²) in [4.78, 5) is 12.3. The molecule has 1 aliphatic rings. The molecule has 0 bridgehead atoms. The van der Waals surface area contributed by atoms with Gasteiger partial charge in [-0.1, -0.05) is 18.2 Å². The summed E-state index contributed by atoms with van der Waals surface area (Å²) in [5.41, 5.74) is 0.776. The van der Waals surface area contributed by atoms with E-state index in [0.717, 1.165) is 18.5 Å². The van der Waals surface area contributed by atoms with Gasteiger partial charge >= 0.3 is 0 Å². The highest BCUT2D eigenvalue weighted by Crippen LogP contribution is 2.34. The summed E-state index contributed by atoms with van der Waals surface area (Å²) in [5.74, 6) is -0.133. The lowest BCUT2D eigenvalue weighted by Crippen LogP contribution is -2.37. The molecule has 3 rings (SSSR count). The van der Waals surface area contributed by atoms with E-state index >= 15 is 0 Å². The van der Waals surface area contributed by atoms with Crippen molar-refractivity contribution in [3.63, 3.8) is 0 Å². The van der Waals surface area contributed by atoms with Gasteiger partial charge in [-0.3, -0.25) is 4.79 Å². The number of carbonyl (C=O) groups is 1. The molecule has 6 heteroatoms. The Bertz CT molecular complexity index is 650. The predicted molar refractivity (Wildman–Crippen MR) is 80.9 cm³/mol. The number of aromatic nitrogens is 2. The molecule has 1 heterocycles. The van der Waals surface area contributed by atoms with Gasteiger partial charge in [-0.15, -0.1) is 0 Å². The summed E-state index contributed by atoms with van der Waals surface area (Å²) in [6.45, 7) is 0.0336. The molecule has 1 saturated carbocycles. The first-order valence-corrected chi connectivity index (χ1v) is 7.45. The van der Waals surface area contributed by atoms with Gasteiger partial charge in [0.05, 0.1) is 11.9 Å². The first kappa shape index (κ1) is 14.6. The van der Waals surface area contributed by atoms with E-state index in [4.69, 9.17) is 5.11 Å². The van der Waals surface area contributed by atoms with Crippen LogP contribution in [0.2, 0.25) is 0 Å². The van der Waals surface area contributed by atoms with Crippen LogP contribution < -0.4 is 5.32 Å². The second-order valence-corrected chi connectivity index (χ2v) is 5.57. The second kappa shape index (κ2) is 6.19. The zero-order valence-electron chi connectivity index (χ0n) is 12.1. The zero-order chi connectivity index (χ0) is 15.5. The van der Waals surface area contributed by atoms with Crippen LogP contribution in [0.4, 0.5) is 0 Å². The molecule has 0 spiro atoms. The van der Waals surface area contributed by atoms with E-state index in [0.29, 0.717) is 12.3 Å². The van der Waals surface area contributed by atoms with Crippen molar-refractivity contribution in [1.29, 1.82) is 0 Å². The van der Waals surface area contributed by atoms with Crippen molar-refractivity contribution in [2.75, 3.05) is 6.61 Å². The van der Waals surface area contributed by atoms with Gasteiger partial charge in [0.2, 0.25) is 0 Å². The third-order valence-electron chi connectivity index (χ3n) is 3.88. The van der Waals surface area contributed by atoms with E-state index < -0.39 is 5.91 Å². The maximum Gasteiger partial charge on any atom is 0.275 e. The molecule has 0 aliphatic heterocycles. The molecule has 6 nitrogen and oxygen atoms in total. The molecule has 0 saturated heterocycles. The molecule has 116 valence electrons. The topological polar surface area (TPSA) is 87.4 Å². The number of rotatable bonds is 6. The van der Waals surface area contributed by atoms with Crippen molar-refractivity contribution in [1.82, 2.24) is 15.1 Å². The van der Waals surface area contributed by atoms with Gasteiger partial charge in [0.25, 0.3) is 5.91 Å². The summed E-state index contributed by atoms with van der Waals surface area (Å²) >= 11 is 0. The van der Waals surface area contributed by atoms with Gasteiger partial charge in [-0.25, -0.2) is 4.68 Å². The Morgan fingerprint density at radius 1 is 1.36 bits per heavy atom. The SMILES string of the molecule is O=C(NC(CCO)C1CC1)c1nn(-c2ccccc2)cc1O. The van der Waals surface area contributed by atoms with E-state index in [1.54, 1.807) is 0 Å². The number of nitrogens with one attached hydrogen (secondary N) is 1. The van der Waals surface area contributed by atoms with Gasteiger partial charge in [0.1, 0.15) is 0 Å². The Balaban J connectivity index is 1.76. The highest BCUT2D eigenvalue weighted by atomic mass is 16.3. The molecule has 1 amide bonds. The van der Waals surface area contributed by atoms with E-state index in [1.165, 1.54) is 10.9 Å². The van der Waals surface area contributed by atoms with E-state index in [1.807, 2.05) is 30.3 Å². The number of aliphatic hydroxyl groups is 1. The Kier molecular flexibility index (Phi) is 4.11. The Hall–Kier alpha value is -2.34. The number of hydrogen-bond acceptors (Lipinski definition) is 4. The molecule has 1 unspecified atom stereocenters. The first-order valence-electron chi connectivity index (χ1n) is 7.45. The highest BCUT2D eigenvalue weighted by Gasteiger charge is 2.32. The van der Waals surface area contributed by atoms with Gasteiger partial charge < -0.3 is 15.5 Å². The molecule has 1 aliphatic carbocycles. The minimum absolute atomic E-state index is 0.00689. The average molecular weight is 301 g/mol. The number of carbonyl (C=O) groups excluding carboxylic acids is 1. The van der Waals surface area contributed by atoms with Crippen LogP contribution >= 0.6 is 0 Å². The molecular formula is C16H19N3O3. The fraction of sp³-hybridized carbons (Fsp3) is 0.375. The van der Waals surface area contributed by atoms with Gasteiger partial charge in [0.15, 0.2) is 11.4 Å². The number of hydrogen-bond donors (Lipinski definition) is 3. The Morgan fingerprint density at radius 2 is 2.09 bits per heavy atom. The standard InChI is InChI=1S/C16H19N3O3/c20-9-8-13(11-6-7-11)17-16(22)15-14(21)10-19(18-15)12-4-2-1-3-5-12/h1-5,10-11,13,20-21H,6-9H2,(H,17,22). The smallest absolute Gasteiger partial charge is 0.275 e. The van der Waals surface area contributed by atoms with Crippen molar-refractivity contribution < 1.29 is 15.0 Å². The molecule has 1 aromatic carbocycles. The van der Waals surface area contributed by atoms with Gasteiger partial charge in [-0.2, -0.15) is 5.10 Å². The lowest BCUT2D eigenvalue weighted by Gasteiger charge is -2.16. The van der Waals surface area contributed by atoms with Crippen LogP contribution in [0.3, 0.4) is 0 Å². The van der Waals surface area contributed by atoms with Crippen molar-refractivity contribution in [3.8, 4) is 11.4 Å². The van der Waals surface area contributed by atoms with Crippen LogP contribution in [0.15, 0.2) is 36.5 Å². The normalized spacial score (nSPS) is 15.5. The maximum absolute atomic E-state index is 12.3. The summed E-state index contributed by atoms with van der Waals surface area (Å²) in [6.07, 6.45) is 4.07. The lowest BCUT2D eigenvalue weighted by molar-refractivity contribution is 0.0916. The maximum atomic E-state index is 12.3. The lowest BCUT2D eigenvalue weighted by atomic mass is 10.1. The summed E-state index contributed by atoms with van der Waals surface area (Å²) in [5, 5.41) is 26.1. The zero-order valence-corrected chi connectivity index (χ0v) is 12.1. The van der Waals surface area contributed by atoms with Crippen LogP contribution in [0.25, 0.3) is 5.69 Å². The predicted octanol–water partition coefficient (Wildman–Crippen LogP) is 1.47. The van der Waals surface area contributed by atoms with Crippen molar-refractivity contribution in [3.05, 3.63) is 42.2 Å². The third-order valence-corrected chi connectivity index (χ3v) is 3.88. The molecular weight excluding hydrogens is 282 g/mol. The Morgan fingerprint density at radius 3 is 2.73 bits per heavy atom. The van der Waals surface area contributed by atoms with Crippen LogP contribution in [0, 0.1) is 5.92 Å². The van der Waals surface area contributed by atoms with Crippen LogP contribution in [0.5, 0.6) is 5.75 Å². The number of para-hydroxylation sites is 1. The molecule has 1 atom stereocenters. The fourth-order valence-corrected chi connectivity index (χ4v) is 2.54.